The summed E-state index contributed by atoms with van der Waals surface area (Å²) in [5.74, 6) is 0. The molecule has 0 aliphatic carbocycles. The number of hydroxylamine groups is 2. The molecule has 2 atom stereocenters. The average molecular weight is 288 g/mol. The summed E-state index contributed by atoms with van der Waals surface area (Å²) in [7, 11) is 0. The zero-order chi connectivity index (χ0) is 13.3. The van der Waals surface area contributed by atoms with Crippen LogP contribution in [0.1, 0.15) is 0 Å². The Balaban J connectivity index is 3.84. The molecule has 0 aromatic carbocycles. The molecule has 0 heterocycles. The van der Waals surface area contributed by atoms with E-state index in [2.05, 4.69) is 24.2 Å². The topological polar surface area (TPSA) is 191 Å². The summed E-state index contributed by atoms with van der Waals surface area (Å²) in [5, 5.41) is 5.20. The molecule has 17 heavy (non-hydrogen) atoms. The summed E-state index contributed by atoms with van der Waals surface area (Å²) in [6, 6.07) is -2.59. The van der Waals surface area contributed by atoms with E-state index in [1.807, 2.05) is 0 Å². The summed E-state index contributed by atoms with van der Waals surface area (Å²) >= 11 is -5.30. The zero-order valence-electron chi connectivity index (χ0n) is 7.54. The van der Waals surface area contributed by atoms with Crippen LogP contribution < -0.4 is 11.0 Å². The van der Waals surface area contributed by atoms with Crippen LogP contribution in [0.4, 0.5) is 9.59 Å². The second-order valence-corrected chi connectivity index (χ2v) is 2.99. The molecule has 4 amide bonds. The van der Waals surface area contributed by atoms with Crippen LogP contribution in [0.2, 0.25) is 0 Å². The number of amides is 4. The lowest BCUT2D eigenvalue weighted by Crippen LogP contribution is -2.31. The molecule has 0 saturated heterocycles. The van der Waals surface area contributed by atoms with E-state index in [1.165, 1.54) is 11.0 Å². The molecule has 0 radical (unpaired) electrons. The van der Waals surface area contributed by atoms with Gasteiger partial charge < -0.3 is 0 Å². The molecule has 96 valence electrons. The van der Waals surface area contributed by atoms with Gasteiger partial charge in [0.2, 0.25) is 0 Å². The Morgan fingerprint density at radius 3 is 1.59 bits per heavy atom. The number of urea groups is 2. The van der Waals surface area contributed by atoms with Gasteiger partial charge in [-0.05, 0) is 0 Å². The van der Waals surface area contributed by atoms with E-state index in [0.29, 0.717) is 0 Å². The van der Waals surface area contributed by atoms with Crippen LogP contribution in [0.15, 0.2) is 19.3 Å². The first-order valence-corrected chi connectivity index (χ1v) is 5.35. The largest absolute Gasteiger partial charge is 0.386 e. The van der Waals surface area contributed by atoms with Gasteiger partial charge in [0, 0.05) is 0 Å². The van der Waals surface area contributed by atoms with E-state index in [9.17, 15) is 18.0 Å². The van der Waals surface area contributed by atoms with Gasteiger partial charge in [0.15, 0.2) is 0 Å². The summed E-state index contributed by atoms with van der Waals surface area (Å²) < 4.78 is 41.0. The maximum Gasteiger partial charge on any atom is 0.386 e. The highest BCUT2D eigenvalue weighted by atomic mass is 32.2. The molecule has 0 rings (SSSR count). The van der Waals surface area contributed by atoms with Crippen LogP contribution in [-0.4, -0.2) is 29.6 Å². The van der Waals surface area contributed by atoms with E-state index >= 15 is 0 Å². The lowest BCUT2D eigenvalue weighted by Gasteiger charge is -1.98. The standard InChI is InChI=1S/C2H4N6O7S2/c9-1(3-7-16(11)12)5-15-6-2(10)4-8-17(13)14/h(H,5,9)(H,6,10)(H,11,12)(H,13,14). The molecule has 0 aromatic rings. The average Bonchev–Trinajstić information content (AvgIpc) is 2.23. The number of nitrogens with one attached hydrogen (secondary N) is 2. The van der Waals surface area contributed by atoms with E-state index in [0.717, 1.165) is 0 Å². The smallest absolute Gasteiger partial charge is 0.287 e. The molecule has 0 aliphatic heterocycles. The maximum atomic E-state index is 10.6. The van der Waals surface area contributed by atoms with Crippen LogP contribution in [0.3, 0.4) is 0 Å². The first kappa shape index (κ1) is 15.3. The Morgan fingerprint density at radius 2 is 1.29 bits per heavy atom. The monoisotopic (exact) mass is 288 g/mol. The van der Waals surface area contributed by atoms with Crippen molar-refractivity contribution in [1.29, 1.82) is 0 Å². The Morgan fingerprint density at radius 1 is 0.941 bits per heavy atom. The van der Waals surface area contributed by atoms with Gasteiger partial charge in [-0.25, -0.2) is 18.0 Å². The minimum Gasteiger partial charge on any atom is -0.287 e. The third-order valence-electron chi connectivity index (χ3n) is 0.680. The number of hydrogen-bond acceptors (Lipinski definition) is 5. The van der Waals surface area contributed by atoms with Crippen molar-refractivity contribution in [3.8, 4) is 0 Å². The highest BCUT2D eigenvalue weighted by Crippen LogP contribution is 1.83. The fourth-order valence-electron chi connectivity index (χ4n) is 0.298. The Bertz CT molecular complexity index is 356. The highest BCUT2D eigenvalue weighted by Gasteiger charge is 2.02. The van der Waals surface area contributed by atoms with Crippen molar-refractivity contribution in [3.05, 3.63) is 0 Å². The van der Waals surface area contributed by atoms with Crippen molar-refractivity contribution in [3.63, 3.8) is 0 Å². The summed E-state index contributed by atoms with van der Waals surface area (Å²) in [5.41, 5.74) is 2.88. The van der Waals surface area contributed by atoms with Gasteiger partial charge in [0.05, 0.1) is 0 Å². The van der Waals surface area contributed by atoms with Gasteiger partial charge in [0.25, 0.3) is 0 Å². The molecular weight excluding hydrogens is 284 g/mol. The Labute approximate surface area is 97.5 Å². The summed E-state index contributed by atoms with van der Waals surface area (Å²) in [6.45, 7) is 0. The molecule has 0 spiro atoms. The van der Waals surface area contributed by atoms with Gasteiger partial charge in [0.1, 0.15) is 0 Å². The van der Waals surface area contributed by atoms with E-state index < -0.39 is 34.6 Å². The predicted octanol–water partition coefficient (Wildman–Crippen LogP) is -0.570. The van der Waals surface area contributed by atoms with E-state index in [-0.39, 0.29) is 0 Å². The quantitative estimate of drug-likeness (QED) is 0.302. The molecule has 15 heteroatoms. The molecule has 2 unspecified atom stereocenters. The van der Waals surface area contributed by atoms with Crippen LogP contribution in [0.25, 0.3) is 0 Å². The van der Waals surface area contributed by atoms with Gasteiger partial charge in [-0.1, -0.05) is 19.3 Å². The minimum absolute atomic E-state index is 1.30. The molecule has 4 N–H and O–H groups in total. The number of rotatable bonds is 4. The predicted molar refractivity (Wildman–Crippen MR) is 49.4 cm³/mol. The molecule has 0 aromatic heterocycles. The molecule has 0 aliphatic rings. The first-order chi connectivity index (χ1) is 7.91. The number of carbonyl (C=O) groups excluding carboxylic acids is 2. The van der Waals surface area contributed by atoms with Gasteiger partial charge in [-0.15, -0.1) is 0 Å². The van der Waals surface area contributed by atoms with Crippen molar-refractivity contribution in [1.82, 2.24) is 11.0 Å². The van der Waals surface area contributed by atoms with E-state index in [4.69, 9.17) is 9.11 Å². The third-order valence-corrected chi connectivity index (χ3v) is 1.12. The minimum atomic E-state index is -2.65. The van der Waals surface area contributed by atoms with Crippen LogP contribution >= 0.6 is 0 Å². The Hall–Kier alpha value is -1.68. The van der Waals surface area contributed by atoms with Crippen LogP contribution in [0, 0.1) is 0 Å². The number of nitrogens with zero attached hydrogens (tertiary/aromatic N) is 4. The van der Waals surface area contributed by atoms with Crippen molar-refractivity contribution in [2.45, 2.75) is 0 Å². The fourth-order valence-corrected chi connectivity index (χ4v) is 0.586. The molecule has 0 bridgehead atoms. The zero-order valence-corrected chi connectivity index (χ0v) is 9.17. The summed E-state index contributed by atoms with van der Waals surface area (Å²) in [4.78, 5) is 25.1. The number of hydrogen-bond donors (Lipinski definition) is 4. The summed E-state index contributed by atoms with van der Waals surface area (Å²) in [6.07, 6.45) is 0. The maximum absolute atomic E-state index is 10.6. The van der Waals surface area contributed by atoms with Gasteiger partial charge in [-0.2, -0.15) is 15.9 Å². The third kappa shape index (κ3) is 10.6. The normalized spacial score (nSPS) is 14.7. The van der Waals surface area contributed by atoms with Crippen LogP contribution in [0.5, 0.6) is 0 Å². The van der Waals surface area contributed by atoms with Crippen molar-refractivity contribution < 1.29 is 32.1 Å². The second kappa shape index (κ2) is 8.47. The lowest BCUT2D eigenvalue weighted by molar-refractivity contribution is 0.00816. The fraction of sp³-hybridized carbons (Fsp3) is 0. The van der Waals surface area contributed by atoms with Crippen molar-refractivity contribution >= 4 is 34.6 Å². The molecule has 0 fully saturated rings. The Kier molecular flexibility index (Phi) is 7.63. The van der Waals surface area contributed by atoms with E-state index in [1.54, 1.807) is 0 Å². The van der Waals surface area contributed by atoms with Crippen molar-refractivity contribution in [2.75, 3.05) is 0 Å². The van der Waals surface area contributed by atoms with Gasteiger partial charge in [-0.3, -0.25) is 9.11 Å². The van der Waals surface area contributed by atoms with Gasteiger partial charge >= 0.3 is 34.6 Å². The molecule has 13 nitrogen and oxygen atoms in total. The SMILES string of the molecule is O=C(N=NS(=O)O)NONC(=O)N=NS(=O)O. The lowest BCUT2D eigenvalue weighted by atomic mass is 11.1. The van der Waals surface area contributed by atoms with Crippen LogP contribution in [-0.2, 0) is 27.5 Å². The molecular formula is C2H4N6O7S2. The first-order valence-electron chi connectivity index (χ1n) is 3.23. The van der Waals surface area contributed by atoms with Crippen molar-refractivity contribution in [2.24, 2.45) is 19.3 Å². The number of carbonyl (C=O) groups is 2. The highest BCUT2D eigenvalue weighted by molar-refractivity contribution is 7.77. The molecule has 0 saturated carbocycles. The second-order valence-electron chi connectivity index (χ2n) is 1.74.